The van der Waals surface area contributed by atoms with Gasteiger partial charge in [-0.05, 0) is 60.3 Å². The molecule has 0 aromatic heterocycles. The second kappa shape index (κ2) is 7.32. The zero-order valence-electron chi connectivity index (χ0n) is 13.3. The van der Waals surface area contributed by atoms with E-state index in [0.717, 1.165) is 25.4 Å². The number of methoxy groups -OCH3 is 1. The van der Waals surface area contributed by atoms with E-state index >= 15 is 0 Å². The zero-order valence-corrected chi connectivity index (χ0v) is 14.1. The SMILES string of the molecule is COc1ccc2cc(CN3CCC(C(C)N)C3)ccc2c1.Cl. The molecule has 2 unspecified atom stereocenters. The quantitative estimate of drug-likeness (QED) is 0.938. The second-order valence-electron chi connectivity index (χ2n) is 6.19. The summed E-state index contributed by atoms with van der Waals surface area (Å²) >= 11 is 0. The number of halogens is 1. The maximum atomic E-state index is 6.02. The Bertz CT molecular complexity index is 630. The van der Waals surface area contributed by atoms with E-state index in [1.165, 1.54) is 22.8 Å². The molecule has 4 heteroatoms. The van der Waals surface area contributed by atoms with Crippen molar-refractivity contribution in [3.8, 4) is 5.75 Å². The normalized spacial score (nSPS) is 19.9. The van der Waals surface area contributed by atoms with Crippen LogP contribution < -0.4 is 10.5 Å². The van der Waals surface area contributed by atoms with Gasteiger partial charge in [-0.15, -0.1) is 12.4 Å². The van der Waals surface area contributed by atoms with Crippen molar-refractivity contribution in [1.29, 1.82) is 0 Å². The van der Waals surface area contributed by atoms with Gasteiger partial charge in [-0.25, -0.2) is 0 Å². The number of rotatable bonds is 4. The minimum atomic E-state index is 0. The molecule has 0 spiro atoms. The molecule has 22 heavy (non-hydrogen) atoms. The Kier molecular flexibility index (Phi) is 5.68. The van der Waals surface area contributed by atoms with Crippen LogP contribution in [0.3, 0.4) is 0 Å². The fourth-order valence-electron chi connectivity index (χ4n) is 3.19. The van der Waals surface area contributed by atoms with Crippen molar-refractivity contribution >= 4 is 23.2 Å². The number of hydrogen-bond donors (Lipinski definition) is 1. The van der Waals surface area contributed by atoms with E-state index < -0.39 is 0 Å². The van der Waals surface area contributed by atoms with Gasteiger partial charge in [-0.1, -0.05) is 18.2 Å². The lowest BCUT2D eigenvalue weighted by molar-refractivity contribution is 0.308. The maximum absolute atomic E-state index is 6.02. The van der Waals surface area contributed by atoms with Gasteiger partial charge in [0.25, 0.3) is 0 Å². The topological polar surface area (TPSA) is 38.5 Å². The van der Waals surface area contributed by atoms with Crippen LogP contribution in [0.15, 0.2) is 36.4 Å². The summed E-state index contributed by atoms with van der Waals surface area (Å²) in [6.07, 6.45) is 1.22. The molecule has 3 nitrogen and oxygen atoms in total. The number of benzene rings is 2. The first kappa shape index (κ1) is 17.1. The van der Waals surface area contributed by atoms with Gasteiger partial charge in [0.2, 0.25) is 0 Å². The van der Waals surface area contributed by atoms with Crippen molar-refractivity contribution in [1.82, 2.24) is 4.90 Å². The minimum absolute atomic E-state index is 0. The number of hydrogen-bond acceptors (Lipinski definition) is 3. The third-order valence-electron chi connectivity index (χ3n) is 4.57. The van der Waals surface area contributed by atoms with Crippen molar-refractivity contribution in [3.05, 3.63) is 42.0 Å². The molecule has 0 aliphatic carbocycles. The Balaban J connectivity index is 0.00000176. The van der Waals surface area contributed by atoms with Gasteiger partial charge >= 0.3 is 0 Å². The van der Waals surface area contributed by atoms with Gasteiger partial charge in [-0.2, -0.15) is 0 Å². The lowest BCUT2D eigenvalue weighted by Gasteiger charge is -2.18. The summed E-state index contributed by atoms with van der Waals surface area (Å²) in [4.78, 5) is 2.51. The molecule has 1 aliphatic rings. The van der Waals surface area contributed by atoms with Crippen LogP contribution in [-0.2, 0) is 6.54 Å². The largest absolute Gasteiger partial charge is 0.497 e. The summed E-state index contributed by atoms with van der Waals surface area (Å²) in [5.74, 6) is 1.56. The maximum Gasteiger partial charge on any atom is 0.119 e. The molecular formula is C18H25ClN2O. The minimum Gasteiger partial charge on any atom is -0.497 e. The molecule has 2 N–H and O–H groups in total. The number of nitrogens with zero attached hydrogens (tertiary/aromatic N) is 1. The molecule has 0 amide bonds. The molecule has 3 rings (SSSR count). The van der Waals surface area contributed by atoms with Gasteiger partial charge in [0.15, 0.2) is 0 Å². The monoisotopic (exact) mass is 320 g/mol. The highest BCUT2D eigenvalue weighted by atomic mass is 35.5. The van der Waals surface area contributed by atoms with E-state index in [2.05, 4.69) is 42.2 Å². The standard InChI is InChI=1S/C18H24N2O.ClH/c1-13(19)17-7-8-20(12-17)11-14-3-4-16-10-18(21-2)6-5-15(16)9-14;/h3-6,9-10,13,17H,7-8,11-12,19H2,1-2H3;1H. The van der Waals surface area contributed by atoms with Crippen molar-refractivity contribution in [2.45, 2.75) is 25.9 Å². The van der Waals surface area contributed by atoms with E-state index in [9.17, 15) is 0 Å². The summed E-state index contributed by atoms with van der Waals surface area (Å²) in [7, 11) is 1.71. The van der Waals surface area contributed by atoms with Crippen LogP contribution in [0.5, 0.6) is 5.75 Å². The Morgan fingerprint density at radius 2 is 1.95 bits per heavy atom. The predicted octanol–water partition coefficient (Wildman–Crippen LogP) is 3.44. The van der Waals surface area contributed by atoms with E-state index in [4.69, 9.17) is 10.5 Å². The van der Waals surface area contributed by atoms with E-state index in [-0.39, 0.29) is 12.4 Å². The Morgan fingerprint density at radius 1 is 1.23 bits per heavy atom. The molecular weight excluding hydrogens is 296 g/mol. The third kappa shape index (κ3) is 3.72. The summed E-state index contributed by atoms with van der Waals surface area (Å²) in [6, 6.07) is 13.2. The van der Waals surface area contributed by atoms with Crippen molar-refractivity contribution < 1.29 is 4.74 Å². The summed E-state index contributed by atoms with van der Waals surface area (Å²) in [5, 5.41) is 2.50. The van der Waals surface area contributed by atoms with Crippen molar-refractivity contribution in [2.75, 3.05) is 20.2 Å². The highest BCUT2D eigenvalue weighted by molar-refractivity contribution is 5.85. The fraction of sp³-hybridized carbons (Fsp3) is 0.444. The Hall–Kier alpha value is -1.29. The van der Waals surface area contributed by atoms with E-state index in [1.807, 2.05) is 6.07 Å². The van der Waals surface area contributed by atoms with E-state index in [1.54, 1.807) is 7.11 Å². The molecule has 2 aromatic rings. The average molecular weight is 321 g/mol. The summed E-state index contributed by atoms with van der Waals surface area (Å²) < 4.78 is 5.27. The van der Waals surface area contributed by atoms with Gasteiger partial charge in [-0.3, -0.25) is 4.90 Å². The van der Waals surface area contributed by atoms with Gasteiger partial charge < -0.3 is 10.5 Å². The smallest absolute Gasteiger partial charge is 0.119 e. The predicted molar refractivity (Wildman–Crippen MR) is 94.8 cm³/mol. The molecule has 1 heterocycles. The number of fused-ring (bicyclic) bond motifs is 1. The van der Waals surface area contributed by atoms with Crippen molar-refractivity contribution in [3.63, 3.8) is 0 Å². The molecule has 120 valence electrons. The van der Waals surface area contributed by atoms with Gasteiger partial charge in [0, 0.05) is 19.1 Å². The van der Waals surface area contributed by atoms with Crippen LogP contribution in [0.1, 0.15) is 18.9 Å². The van der Waals surface area contributed by atoms with Crippen LogP contribution in [0, 0.1) is 5.92 Å². The molecule has 1 saturated heterocycles. The van der Waals surface area contributed by atoms with Crippen LogP contribution in [0.2, 0.25) is 0 Å². The molecule has 1 aliphatic heterocycles. The van der Waals surface area contributed by atoms with Crippen LogP contribution in [0.4, 0.5) is 0 Å². The first-order chi connectivity index (χ1) is 10.2. The third-order valence-corrected chi connectivity index (χ3v) is 4.57. The summed E-state index contributed by atoms with van der Waals surface area (Å²) in [6.45, 7) is 5.42. The Labute approximate surface area is 138 Å². The number of ether oxygens (including phenoxy) is 1. The summed E-state index contributed by atoms with van der Waals surface area (Å²) in [5.41, 5.74) is 7.39. The lowest BCUT2D eigenvalue weighted by Crippen LogP contribution is -2.29. The lowest BCUT2D eigenvalue weighted by atomic mass is 10.0. The molecule has 1 fully saturated rings. The van der Waals surface area contributed by atoms with Crippen LogP contribution >= 0.6 is 12.4 Å². The number of nitrogens with two attached hydrogens (primary N) is 1. The first-order valence-electron chi connectivity index (χ1n) is 7.70. The molecule has 2 atom stereocenters. The molecule has 0 saturated carbocycles. The Morgan fingerprint density at radius 3 is 2.64 bits per heavy atom. The van der Waals surface area contributed by atoms with Gasteiger partial charge in [0.1, 0.15) is 5.75 Å². The van der Waals surface area contributed by atoms with Gasteiger partial charge in [0.05, 0.1) is 7.11 Å². The highest BCUT2D eigenvalue weighted by Gasteiger charge is 2.24. The second-order valence-corrected chi connectivity index (χ2v) is 6.19. The molecule has 2 aromatic carbocycles. The highest BCUT2D eigenvalue weighted by Crippen LogP contribution is 2.24. The van der Waals surface area contributed by atoms with Crippen LogP contribution in [0.25, 0.3) is 10.8 Å². The number of likely N-dealkylation sites (tertiary alicyclic amines) is 1. The first-order valence-corrected chi connectivity index (χ1v) is 7.70. The van der Waals surface area contributed by atoms with Crippen molar-refractivity contribution in [2.24, 2.45) is 11.7 Å². The molecule has 0 radical (unpaired) electrons. The fourth-order valence-corrected chi connectivity index (χ4v) is 3.19. The van der Waals surface area contributed by atoms with E-state index in [0.29, 0.717) is 12.0 Å². The van der Waals surface area contributed by atoms with Crippen LogP contribution in [-0.4, -0.2) is 31.1 Å². The average Bonchev–Trinajstić information content (AvgIpc) is 2.95. The molecule has 0 bridgehead atoms. The zero-order chi connectivity index (χ0) is 14.8.